The molecular formula is C32H36N4. The minimum absolute atomic E-state index is 0.282. The van der Waals surface area contributed by atoms with Crippen LogP contribution < -0.4 is 10.6 Å². The van der Waals surface area contributed by atoms with Crippen LogP contribution in [0.5, 0.6) is 0 Å². The van der Waals surface area contributed by atoms with Crippen molar-refractivity contribution in [3.8, 4) is 0 Å². The molecule has 0 saturated carbocycles. The highest BCUT2D eigenvalue weighted by Crippen LogP contribution is 2.48. The Morgan fingerprint density at radius 2 is 1.61 bits per heavy atom. The Hall–Kier alpha value is -3.50. The molecule has 4 nitrogen and oxygen atoms in total. The monoisotopic (exact) mass is 476 g/mol. The summed E-state index contributed by atoms with van der Waals surface area (Å²) in [5.41, 5.74) is 7.92. The number of rotatable bonds is 7. The van der Waals surface area contributed by atoms with Crippen molar-refractivity contribution in [2.45, 2.75) is 51.9 Å². The number of hydrogen-bond donors (Lipinski definition) is 2. The predicted octanol–water partition coefficient (Wildman–Crippen LogP) is 7.36. The summed E-state index contributed by atoms with van der Waals surface area (Å²) in [6, 6.07) is 18.6. The first-order chi connectivity index (χ1) is 17.7. The van der Waals surface area contributed by atoms with E-state index in [4.69, 9.17) is 0 Å². The Morgan fingerprint density at radius 1 is 0.917 bits per heavy atom. The van der Waals surface area contributed by atoms with Gasteiger partial charge in [-0.05, 0) is 49.3 Å². The van der Waals surface area contributed by atoms with Gasteiger partial charge < -0.3 is 19.8 Å². The van der Waals surface area contributed by atoms with Crippen LogP contribution in [-0.4, -0.2) is 22.2 Å². The molecule has 3 heterocycles. The third kappa shape index (κ3) is 2.97. The molecule has 0 spiro atoms. The lowest BCUT2D eigenvalue weighted by molar-refractivity contribution is 0.237. The van der Waals surface area contributed by atoms with Crippen LogP contribution in [0.3, 0.4) is 0 Å². The van der Waals surface area contributed by atoms with E-state index in [1.165, 1.54) is 54.7 Å². The van der Waals surface area contributed by atoms with E-state index in [-0.39, 0.29) is 6.04 Å². The summed E-state index contributed by atoms with van der Waals surface area (Å²) >= 11 is 0. The Labute approximate surface area is 213 Å². The van der Waals surface area contributed by atoms with E-state index in [9.17, 15) is 0 Å². The van der Waals surface area contributed by atoms with Crippen LogP contribution >= 0.6 is 0 Å². The summed E-state index contributed by atoms with van der Waals surface area (Å²) in [6.45, 7) is 14.8. The van der Waals surface area contributed by atoms with Gasteiger partial charge in [-0.2, -0.15) is 0 Å². The average molecular weight is 477 g/mol. The Bertz CT molecular complexity index is 1630. The Morgan fingerprint density at radius 3 is 2.25 bits per heavy atom. The number of nitrogens with zero attached hydrogens (tertiary/aromatic N) is 2. The van der Waals surface area contributed by atoms with Crippen molar-refractivity contribution in [2.75, 3.05) is 7.05 Å². The molecule has 0 saturated heterocycles. The van der Waals surface area contributed by atoms with Crippen LogP contribution in [0.25, 0.3) is 49.7 Å². The summed E-state index contributed by atoms with van der Waals surface area (Å²) < 4.78 is 5.27. The van der Waals surface area contributed by atoms with Gasteiger partial charge >= 0.3 is 0 Å². The first kappa shape index (κ1) is 22.9. The maximum Gasteiger partial charge on any atom is 0.0746 e. The highest BCUT2D eigenvalue weighted by atomic mass is 15.1. The second-order valence-corrected chi connectivity index (χ2v) is 10.1. The molecule has 0 fully saturated rings. The molecule has 2 N–H and O–H groups in total. The number of hydrogen-bond acceptors (Lipinski definition) is 2. The van der Waals surface area contributed by atoms with Gasteiger partial charge in [-0.15, -0.1) is 0 Å². The number of aromatic nitrogens is 2. The molecule has 6 rings (SSSR count). The molecule has 0 aliphatic carbocycles. The van der Waals surface area contributed by atoms with E-state index in [0.29, 0.717) is 12.0 Å². The zero-order valence-corrected chi connectivity index (χ0v) is 21.6. The highest BCUT2D eigenvalue weighted by Gasteiger charge is 2.35. The molecular weight excluding hydrogens is 440 g/mol. The second-order valence-electron chi connectivity index (χ2n) is 10.1. The van der Waals surface area contributed by atoms with Crippen LogP contribution in [0.15, 0.2) is 67.9 Å². The normalized spacial score (nSPS) is 19.8. The molecule has 3 unspecified atom stereocenters. The van der Waals surface area contributed by atoms with Gasteiger partial charge in [0.2, 0.25) is 0 Å². The van der Waals surface area contributed by atoms with Crippen LogP contribution in [0.2, 0.25) is 0 Å². The molecule has 4 heteroatoms. The number of benzene rings is 3. The molecule has 36 heavy (non-hydrogen) atoms. The zero-order chi connectivity index (χ0) is 25.0. The van der Waals surface area contributed by atoms with Gasteiger partial charge in [0.25, 0.3) is 0 Å². The van der Waals surface area contributed by atoms with Crippen molar-refractivity contribution in [1.82, 2.24) is 19.8 Å². The summed E-state index contributed by atoms with van der Waals surface area (Å²) in [4.78, 5) is 0. The van der Waals surface area contributed by atoms with Gasteiger partial charge in [-0.3, -0.25) is 0 Å². The molecule has 184 valence electrons. The van der Waals surface area contributed by atoms with E-state index in [1.807, 2.05) is 13.2 Å². The maximum atomic E-state index is 4.33. The van der Waals surface area contributed by atoms with E-state index in [2.05, 4.69) is 101 Å². The van der Waals surface area contributed by atoms with Gasteiger partial charge in [0.05, 0.1) is 11.0 Å². The van der Waals surface area contributed by atoms with Gasteiger partial charge in [-0.1, -0.05) is 69.5 Å². The summed E-state index contributed by atoms with van der Waals surface area (Å²) in [5, 5.41) is 12.5. The molecule has 0 bridgehead atoms. The fraction of sp³-hybridized carbons (Fsp3) is 0.312. The first-order valence-corrected chi connectivity index (χ1v) is 13.3. The topological polar surface area (TPSA) is 33.9 Å². The van der Waals surface area contributed by atoms with Crippen LogP contribution in [0, 0.1) is 5.92 Å². The maximum absolute atomic E-state index is 4.33. The molecule has 5 aromatic rings. The summed E-state index contributed by atoms with van der Waals surface area (Å²) in [6.07, 6.45) is 6.15. The van der Waals surface area contributed by atoms with E-state index in [1.54, 1.807) is 0 Å². The van der Waals surface area contributed by atoms with Crippen molar-refractivity contribution in [3.63, 3.8) is 0 Å². The second kappa shape index (κ2) is 8.86. The lowest BCUT2D eigenvalue weighted by atomic mass is 9.86. The third-order valence-electron chi connectivity index (χ3n) is 8.50. The van der Waals surface area contributed by atoms with Crippen molar-refractivity contribution >= 4 is 49.7 Å². The van der Waals surface area contributed by atoms with Crippen LogP contribution in [-0.2, 0) is 13.1 Å². The number of fused-ring (bicyclic) bond motifs is 6. The molecule has 0 amide bonds. The lowest BCUT2D eigenvalue weighted by Gasteiger charge is -2.37. The molecule has 2 aromatic heterocycles. The fourth-order valence-corrected chi connectivity index (χ4v) is 7.19. The number of nitrogens with one attached hydrogen (secondary N) is 2. The summed E-state index contributed by atoms with van der Waals surface area (Å²) in [7, 11) is 2.04. The highest BCUT2D eigenvalue weighted by molar-refractivity contribution is 6.26. The van der Waals surface area contributed by atoms with Crippen molar-refractivity contribution < 1.29 is 0 Å². The van der Waals surface area contributed by atoms with Crippen molar-refractivity contribution in [3.05, 3.63) is 79.0 Å². The lowest BCUT2D eigenvalue weighted by Crippen LogP contribution is -2.41. The Kier molecular flexibility index (Phi) is 5.65. The van der Waals surface area contributed by atoms with E-state index >= 15 is 0 Å². The summed E-state index contributed by atoms with van der Waals surface area (Å²) in [5.74, 6) is 0.461. The average Bonchev–Trinajstić information content (AvgIpc) is 3.40. The molecule has 1 aliphatic heterocycles. The van der Waals surface area contributed by atoms with Crippen LogP contribution in [0.4, 0.5) is 0 Å². The molecule has 1 aliphatic rings. The standard InChI is InChI=1S/C32H36N4/c1-6-20-24(18-33-5)30-23-15-11-13-17-28(23)36-26(8-3)21(7-2)25(34-9-4)19-35-27-16-12-10-14-22(27)29(20)31(35)32(30)36/h6,9-17,21,25-26,33-34H,1,4,7-8,18-19H2,2-3,5H3. The van der Waals surface area contributed by atoms with E-state index < -0.39 is 0 Å². The minimum Gasteiger partial charge on any atom is -0.386 e. The quantitative estimate of drug-likeness (QED) is 0.257. The third-order valence-corrected chi connectivity index (χ3v) is 8.50. The number of para-hydroxylation sites is 2. The van der Waals surface area contributed by atoms with Crippen molar-refractivity contribution in [1.29, 1.82) is 0 Å². The first-order valence-electron chi connectivity index (χ1n) is 13.3. The minimum atomic E-state index is 0.282. The van der Waals surface area contributed by atoms with Crippen LogP contribution in [0.1, 0.15) is 43.9 Å². The smallest absolute Gasteiger partial charge is 0.0746 e. The van der Waals surface area contributed by atoms with Crippen molar-refractivity contribution in [2.24, 2.45) is 5.92 Å². The Balaban J connectivity index is 1.96. The zero-order valence-electron chi connectivity index (χ0n) is 21.6. The van der Waals surface area contributed by atoms with Gasteiger partial charge in [0, 0.05) is 63.7 Å². The fourth-order valence-electron chi connectivity index (χ4n) is 7.19. The molecule has 3 aromatic carbocycles. The van der Waals surface area contributed by atoms with Gasteiger partial charge in [0.1, 0.15) is 0 Å². The van der Waals surface area contributed by atoms with E-state index in [0.717, 1.165) is 25.9 Å². The molecule has 3 atom stereocenters. The largest absolute Gasteiger partial charge is 0.386 e. The SMILES string of the molecule is C=CNC1Cn2c3ccccc3c3c(C=C)c(CNC)c4c5ccccc5n(c4c32)C(CC)C1CC. The molecule has 0 radical (unpaired) electrons. The predicted molar refractivity (Wildman–Crippen MR) is 156 cm³/mol. The van der Waals surface area contributed by atoms with Gasteiger partial charge in [0.15, 0.2) is 0 Å². The van der Waals surface area contributed by atoms with Gasteiger partial charge in [-0.25, -0.2) is 0 Å².